The van der Waals surface area contributed by atoms with Crippen LogP contribution in [0.5, 0.6) is 5.75 Å². The zero-order valence-electron chi connectivity index (χ0n) is 8.26. The molecule has 0 spiro atoms. The van der Waals surface area contributed by atoms with Crippen molar-refractivity contribution in [2.45, 2.75) is 0 Å². The number of amides is 1. The lowest BCUT2D eigenvalue weighted by molar-refractivity contribution is -0.385. The number of benzene rings is 1. The highest BCUT2D eigenvalue weighted by Gasteiger charge is 2.23. The van der Waals surface area contributed by atoms with Crippen LogP contribution in [0.4, 0.5) is 5.69 Å². The van der Waals surface area contributed by atoms with E-state index in [-0.39, 0.29) is 16.9 Å². The van der Waals surface area contributed by atoms with Crippen molar-refractivity contribution < 1.29 is 14.5 Å². The smallest absolute Gasteiger partial charge is 0.313 e. The maximum absolute atomic E-state index is 11.0. The fourth-order valence-corrected chi connectivity index (χ4v) is 1.21. The number of ether oxygens (including phenoxy) is 1. The number of nitrogens with two attached hydrogens (primary N) is 1. The molecule has 1 amide bonds. The van der Waals surface area contributed by atoms with Crippen LogP contribution in [0.2, 0.25) is 0 Å². The average Bonchev–Trinajstić information content (AvgIpc) is 2.26. The van der Waals surface area contributed by atoms with Gasteiger partial charge in [-0.1, -0.05) is 0 Å². The molecule has 7 heteroatoms. The second-order valence-electron chi connectivity index (χ2n) is 2.81. The number of primary amides is 1. The minimum atomic E-state index is -0.892. The first kappa shape index (κ1) is 11.5. The normalized spacial score (nSPS) is 9.25. The molecule has 1 rings (SSSR count). The van der Waals surface area contributed by atoms with Crippen molar-refractivity contribution in [3.8, 4) is 11.8 Å². The molecule has 2 N–H and O–H groups in total. The van der Waals surface area contributed by atoms with Crippen LogP contribution in [0.15, 0.2) is 12.1 Å². The highest BCUT2D eigenvalue weighted by molar-refractivity contribution is 5.97. The number of hydrogen-bond acceptors (Lipinski definition) is 5. The Morgan fingerprint density at radius 1 is 1.62 bits per heavy atom. The molecule has 0 aliphatic carbocycles. The first-order chi connectivity index (χ1) is 7.51. The predicted octanol–water partition coefficient (Wildman–Crippen LogP) is 0.574. The molecule has 0 aliphatic heterocycles. The van der Waals surface area contributed by atoms with Gasteiger partial charge in [-0.25, -0.2) is 0 Å². The Kier molecular flexibility index (Phi) is 3.06. The molecule has 1 aromatic rings. The monoisotopic (exact) mass is 221 g/mol. The number of methoxy groups -OCH3 is 1. The third-order valence-electron chi connectivity index (χ3n) is 1.86. The van der Waals surface area contributed by atoms with Gasteiger partial charge < -0.3 is 10.5 Å². The summed E-state index contributed by atoms with van der Waals surface area (Å²) >= 11 is 0. The van der Waals surface area contributed by atoms with E-state index in [2.05, 4.69) is 0 Å². The summed E-state index contributed by atoms with van der Waals surface area (Å²) in [4.78, 5) is 21.0. The van der Waals surface area contributed by atoms with Crippen LogP contribution in [0.3, 0.4) is 0 Å². The molecular weight excluding hydrogens is 214 g/mol. The fraction of sp³-hybridized carbons (Fsp3) is 0.111. The minimum absolute atomic E-state index is 0.0266. The Morgan fingerprint density at radius 2 is 2.25 bits per heavy atom. The van der Waals surface area contributed by atoms with Crippen molar-refractivity contribution in [1.29, 1.82) is 5.26 Å². The molecule has 0 atom stereocenters. The first-order valence-electron chi connectivity index (χ1n) is 4.07. The number of nitriles is 1. The average molecular weight is 221 g/mol. The third-order valence-corrected chi connectivity index (χ3v) is 1.86. The van der Waals surface area contributed by atoms with Gasteiger partial charge in [-0.05, 0) is 6.07 Å². The largest absolute Gasteiger partial charge is 0.490 e. The number of carbonyl (C=O) groups is 1. The zero-order valence-corrected chi connectivity index (χ0v) is 8.26. The Labute approximate surface area is 90.2 Å². The molecule has 0 saturated heterocycles. The first-order valence-corrected chi connectivity index (χ1v) is 4.07. The van der Waals surface area contributed by atoms with Crippen LogP contribution in [-0.2, 0) is 0 Å². The van der Waals surface area contributed by atoms with E-state index >= 15 is 0 Å². The van der Waals surface area contributed by atoms with Gasteiger partial charge >= 0.3 is 5.69 Å². The van der Waals surface area contributed by atoms with Crippen molar-refractivity contribution in [1.82, 2.24) is 0 Å². The van der Waals surface area contributed by atoms with Gasteiger partial charge in [-0.15, -0.1) is 0 Å². The molecular formula is C9H7N3O4. The van der Waals surface area contributed by atoms with E-state index < -0.39 is 16.5 Å². The van der Waals surface area contributed by atoms with Gasteiger partial charge in [0, 0.05) is 6.07 Å². The lowest BCUT2D eigenvalue weighted by atomic mass is 10.1. The van der Waals surface area contributed by atoms with Gasteiger partial charge in [0.15, 0.2) is 0 Å². The third kappa shape index (κ3) is 1.90. The number of nitrogens with zero attached hydrogens (tertiary/aromatic N) is 2. The van der Waals surface area contributed by atoms with E-state index in [1.807, 2.05) is 0 Å². The Hall–Kier alpha value is -2.62. The molecule has 7 nitrogen and oxygen atoms in total. The molecule has 0 heterocycles. The summed E-state index contributed by atoms with van der Waals surface area (Å²) in [5.41, 5.74) is 4.36. The number of hydrogen-bond donors (Lipinski definition) is 1. The zero-order chi connectivity index (χ0) is 12.3. The summed E-state index contributed by atoms with van der Waals surface area (Å²) in [5, 5.41) is 19.3. The van der Waals surface area contributed by atoms with E-state index in [4.69, 9.17) is 15.7 Å². The Balaban J connectivity index is 3.61. The molecule has 0 unspecified atom stereocenters. The standard InChI is InChI=1S/C9H7N3O4/c1-16-8-6(9(11)13)2-5(4-10)3-7(8)12(14)15/h2-3H,1H3,(H2,11,13). The summed E-state index contributed by atoms with van der Waals surface area (Å²) in [6.07, 6.45) is 0. The molecule has 0 aliphatic rings. The number of nitro groups is 1. The van der Waals surface area contributed by atoms with E-state index in [0.717, 1.165) is 12.1 Å². The van der Waals surface area contributed by atoms with Crippen LogP contribution < -0.4 is 10.5 Å². The summed E-state index contributed by atoms with van der Waals surface area (Å²) in [7, 11) is 1.18. The highest BCUT2D eigenvalue weighted by atomic mass is 16.6. The van der Waals surface area contributed by atoms with Gasteiger partial charge in [0.1, 0.15) is 0 Å². The van der Waals surface area contributed by atoms with E-state index in [1.165, 1.54) is 7.11 Å². The maximum atomic E-state index is 11.0. The molecule has 16 heavy (non-hydrogen) atoms. The topological polar surface area (TPSA) is 119 Å². The second kappa shape index (κ2) is 4.27. The van der Waals surface area contributed by atoms with E-state index in [1.54, 1.807) is 6.07 Å². The molecule has 0 fully saturated rings. The van der Waals surface area contributed by atoms with E-state index in [0.29, 0.717) is 0 Å². The number of nitro benzene ring substituents is 1. The molecule has 0 saturated carbocycles. The quantitative estimate of drug-likeness (QED) is 0.591. The molecule has 82 valence electrons. The maximum Gasteiger partial charge on any atom is 0.313 e. The number of rotatable bonds is 3. The van der Waals surface area contributed by atoms with Gasteiger partial charge in [0.2, 0.25) is 5.75 Å². The van der Waals surface area contributed by atoms with Gasteiger partial charge in [0.25, 0.3) is 5.91 Å². The van der Waals surface area contributed by atoms with Crippen molar-refractivity contribution in [2.75, 3.05) is 7.11 Å². The van der Waals surface area contributed by atoms with Crippen LogP contribution >= 0.6 is 0 Å². The van der Waals surface area contributed by atoms with Crippen molar-refractivity contribution in [3.63, 3.8) is 0 Å². The molecule has 0 aromatic heterocycles. The summed E-state index contributed by atoms with van der Waals surface area (Å²) in [5.74, 6) is -1.13. The van der Waals surface area contributed by atoms with Crippen molar-refractivity contribution in [3.05, 3.63) is 33.4 Å². The van der Waals surface area contributed by atoms with E-state index in [9.17, 15) is 14.9 Å². The number of carbonyl (C=O) groups excluding carboxylic acids is 1. The SMILES string of the molecule is COc1c(C(N)=O)cc(C#N)cc1[N+](=O)[O-]. The molecule has 0 radical (unpaired) electrons. The van der Waals surface area contributed by atoms with Crippen LogP contribution in [0.1, 0.15) is 15.9 Å². The second-order valence-corrected chi connectivity index (χ2v) is 2.81. The fourth-order valence-electron chi connectivity index (χ4n) is 1.21. The summed E-state index contributed by atoms with van der Waals surface area (Å²) < 4.78 is 4.75. The van der Waals surface area contributed by atoms with Gasteiger partial charge in [0.05, 0.1) is 29.2 Å². The van der Waals surface area contributed by atoms with Gasteiger partial charge in [-0.3, -0.25) is 14.9 Å². The van der Waals surface area contributed by atoms with Crippen LogP contribution in [0, 0.1) is 21.4 Å². The lowest BCUT2D eigenvalue weighted by Gasteiger charge is -2.06. The van der Waals surface area contributed by atoms with Crippen molar-refractivity contribution >= 4 is 11.6 Å². The summed E-state index contributed by atoms with van der Waals surface area (Å²) in [6.45, 7) is 0. The van der Waals surface area contributed by atoms with Crippen LogP contribution in [0.25, 0.3) is 0 Å². The molecule has 0 bridgehead atoms. The predicted molar refractivity (Wildman–Crippen MR) is 52.9 cm³/mol. The lowest BCUT2D eigenvalue weighted by Crippen LogP contribution is -2.13. The Morgan fingerprint density at radius 3 is 2.62 bits per heavy atom. The highest BCUT2D eigenvalue weighted by Crippen LogP contribution is 2.31. The summed E-state index contributed by atoms with van der Waals surface area (Å²) in [6, 6.07) is 3.87. The Bertz CT molecular complexity index is 469. The van der Waals surface area contributed by atoms with Crippen LogP contribution in [-0.4, -0.2) is 17.9 Å². The molecule has 1 aromatic carbocycles. The van der Waals surface area contributed by atoms with Crippen molar-refractivity contribution in [2.24, 2.45) is 5.73 Å². The van der Waals surface area contributed by atoms with Gasteiger partial charge in [-0.2, -0.15) is 5.26 Å². The minimum Gasteiger partial charge on any atom is -0.490 e.